The SMILES string of the molecule is O=C1CC(c2ccc(Cl)cc2F)Oc2cc(Br)ccc21. The van der Waals surface area contributed by atoms with Crippen LogP contribution >= 0.6 is 27.5 Å². The van der Waals surface area contributed by atoms with E-state index in [0.717, 1.165) is 4.47 Å². The summed E-state index contributed by atoms with van der Waals surface area (Å²) in [4.78, 5) is 12.1. The Labute approximate surface area is 128 Å². The van der Waals surface area contributed by atoms with Gasteiger partial charge in [-0.25, -0.2) is 4.39 Å². The molecule has 2 aromatic rings. The summed E-state index contributed by atoms with van der Waals surface area (Å²) >= 11 is 9.06. The average molecular weight is 356 g/mol. The normalized spacial score (nSPS) is 17.6. The number of fused-ring (bicyclic) bond motifs is 1. The van der Waals surface area contributed by atoms with E-state index in [0.29, 0.717) is 21.9 Å². The van der Waals surface area contributed by atoms with Gasteiger partial charge in [-0.15, -0.1) is 0 Å². The van der Waals surface area contributed by atoms with Gasteiger partial charge in [0.25, 0.3) is 0 Å². The Morgan fingerprint density at radius 2 is 2.05 bits per heavy atom. The van der Waals surface area contributed by atoms with Crippen molar-refractivity contribution >= 4 is 33.3 Å². The van der Waals surface area contributed by atoms with Crippen LogP contribution in [-0.2, 0) is 0 Å². The van der Waals surface area contributed by atoms with E-state index in [9.17, 15) is 9.18 Å². The minimum absolute atomic E-state index is 0.0573. The number of ether oxygens (including phenoxy) is 1. The molecule has 0 aromatic heterocycles. The summed E-state index contributed by atoms with van der Waals surface area (Å²) in [7, 11) is 0. The fourth-order valence-electron chi connectivity index (χ4n) is 2.23. The number of ketones is 1. The topological polar surface area (TPSA) is 26.3 Å². The summed E-state index contributed by atoms with van der Waals surface area (Å²) in [6.45, 7) is 0. The van der Waals surface area contributed by atoms with Crippen molar-refractivity contribution in [3.8, 4) is 5.75 Å². The highest BCUT2D eigenvalue weighted by Gasteiger charge is 2.29. The second-order valence-corrected chi connectivity index (χ2v) is 5.89. The minimum Gasteiger partial charge on any atom is -0.484 e. The molecule has 0 saturated heterocycles. The lowest BCUT2D eigenvalue weighted by Gasteiger charge is -2.26. The standard InChI is InChI=1S/C15H9BrClFO2/c16-8-1-3-11-13(19)7-15(20-14(11)5-8)10-4-2-9(17)6-12(10)18/h1-6,15H,7H2. The summed E-state index contributed by atoms with van der Waals surface area (Å²) in [5, 5.41) is 0.316. The zero-order valence-electron chi connectivity index (χ0n) is 10.2. The molecule has 2 nitrogen and oxygen atoms in total. The number of carbonyl (C=O) groups is 1. The molecule has 20 heavy (non-hydrogen) atoms. The van der Waals surface area contributed by atoms with Gasteiger partial charge < -0.3 is 4.74 Å². The lowest BCUT2D eigenvalue weighted by Crippen LogP contribution is -2.21. The Morgan fingerprint density at radius 3 is 2.80 bits per heavy atom. The van der Waals surface area contributed by atoms with E-state index in [4.69, 9.17) is 16.3 Å². The maximum absolute atomic E-state index is 13.9. The van der Waals surface area contributed by atoms with Gasteiger partial charge in [-0.2, -0.15) is 0 Å². The van der Waals surface area contributed by atoms with Gasteiger partial charge in [0.05, 0.1) is 12.0 Å². The molecule has 3 rings (SSSR count). The third-order valence-electron chi connectivity index (χ3n) is 3.19. The van der Waals surface area contributed by atoms with Crippen LogP contribution in [0.1, 0.15) is 28.4 Å². The highest BCUT2D eigenvalue weighted by Crippen LogP contribution is 2.37. The molecule has 0 bridgehead atoms. The quantitative estimate of drug-likeness (QED) is 0.723. The van der Waals surface area contributed by atoms with Crippen molar-refractivity contribution in [2.45, 2.75) is 12.5 Å². The van der Waals surface area contributed by atoms with E-state index in [1.165, 1.54) is 6.07 Å². The summed E-state index contributed by atoms with van der Waals surface area (Å²) in [5.41, 5.74) is 0.868. The molecular weight excluding hydrogens is 347 g/mol. The zero-order valence-corrected chi connectivity index (χ0v) is 12.5. The van der Waals surface area contributed by atoms with Gasteiger partial charge in [0.1, 0.15) is 17.7 Å². The Kier molecular flexibility index (Phi) is 3.52. The molecule has 1 heterocycles. The molecule has 0 saturated carbocycles. The van der Waals surface area contributed by atoms with Crippen LogP contribution in [0.25, 0.3) is 0 Å². The van der Waals surface area contributed by atoms with E-state index in [2.05, 4.69) is 15.9 Å². The van der Waals surface area contributed by atoms with E-state index in [-0.39, 0.29) is 12.2 Å². The van der Waals surface area contributed by atoms with Crippen LogP contribution in [0, 0.1) is 5.82 Å². The first kappa shape index (κ1) is 13.6. The summed E-state index contributed by atoms with van der Waals surface area (Å²) in [6.07, 6.45) is -0.505. The van der Waals surface area contributed by atoms with Crippen LogP contribution in [0.2, 0.25) is 5.02 Å². The third kappa shape index (κ3) is 2.45. The first-order chi connectivity index (χ1) is 9.54. The van der Waals surface area contributed by atoms with E-state index < -0.39 is 11.9 Å². The first-order valence-corrected chi connectivity index (χ1v) is 7.16. The number of hydrogen-bond donors (Lipinski definition) is 0. The van der Waals surface area contributed by atoms with Crippen LogP contribution < -0.4 is 4.74 Å². The lowest BCUT2D eigenvalue weighted by molar-refractivity contribution is 0.0846. The molecule has 2 aromatic carbocycles. The van der Waals surface area contributed by atoms with Gasteiger partial charge >= 0.3 is 0 Å². The molecular formula is C15H9BrClFO2. The third-order valence-corrected chi connectivity index (χ3v) is 3.92. The largest absolute Gasteiger partial charge is 0.484 e. The van der Waals surface area contributed by atoms with Crippen molar-refractivity contribution < 1.29 is 13.9 Å². The smallest absolute Gasteiger partial charge is 0.170 e. The molecule has 1 atom stereocenters. The molecule has 1 aliphatic rings. The second kappa shape index (κ2) is 5.19. The van der Waals surface area contributed by atoms with Crippen molar-refractivity contribution in [3.63, 3.8) is 0 Å². The molecule has 0 amide bonds. The van der Waals surface area contributed by atoms with Gasteiger partial charge in [0, 0.05) is 15.1 Å². The van der Waals surface area contributed by atoms with Crippen molar-refractivity contribution in [1.82, 2.24) is 0 Å². The minimum atomic E-state index is -0.624. The van der Waals surface area contributed by atoms with Crippen molar-refractivity contribution in [2.75, 3.05) is 0 Å². The Balaban J connectivity index is 2.00. The molecule has 1 aliphatic heterocycles. The van der Waals surface area contributed by atoms with Crippen LogP contribution in [0.4, 0.5) is 4.39 Å². The van der Waals surface area contributed by atoms with Crippen LogP contribution in [0.15, 0.2) is 40.9 Å². The van der Waals surface area contributed by atoms with E-state index >= 15 is 0 Å². The number of benzene rings is 2. The van der Waals surface area contributed by atoms with Crippen molar-refractivity contribution in [2.24, 2.45) is 0 Å². The van der Waals surface area contributed by atoms with Crippen LogP contribution in [0.5, 0.6) is 5.75 Å². The van der Waals surface area contributed by atoms with Crippen LogP contribution in [0.3, 0.4) is 0 Å². The summed E-state index contributed by atoms with van der Waals surface area (Å²) in [6, 6.07) is 9.57. The van der Waals surface area contributed by atoms with Crippen molar-refractivity contribution in [3.05, 3.63) is 62.8 Å². The van der Waals surface area contributed by atoms with E-state index in [1.807, 2.05) is 0 Å². The number of Topliss-reactive ketones (excluding diaryl/α,β-unsaturated/α-hetero) is 1. The predicted octanol–water partition coefficient (Wildman–Crippen LogP) is 4.95. The van der Waals surface area contributed by atoms with Crippen molar-refractivity contribution in [1.29, 1.82) is 0 Å². The molecule has 0 fully saturated rings. The fraction of sp³-hybridized carbons (Fsp3) is 0.133. The second-order valence-electron chi connectivity index (χ2n) is 4.54. The van der Waals surface area contributed by atoms with Gasteiger partial charge in [-0.3, -0.25) is 4.79 Å². The monoisotopic (exact) mass is 354 g/mol. The summed E-state index contributed by atoms with van der Waals surface area (Å²) in [5.74, 6) is -0.0539. The lowest BCUT2D eigenvalue weighted by atomic mass is 9.96. The number of halogens is 3. The van der Waals surface area contributed by atoms with Gasteiger partial charge in [-0.05, 0) is 30.3 Å². The van der Waals surface area contributed by atoms with Gasteiger partial charge in [-0.1, -0.05) is 33.6 Å². The molecule has 102 valence electrons. The predicted molar refractivity (Wildman–Crippen MR) is 77.9 cm³/mol. The number of rotatable bonds is 1. The zero-order chi connectivity index (χ0) is 14.3. The molecule has 0 radical (unpaired) electrons. The Hall–Kier alpha value is -1.39. The maximum atomic E-state index is 13.9. The average Bonchev–Trinajstić information content (AvgIpc) is 2.37. The fourth-order valence-corrected chi connectivity index (χ4v) is 2.73. The Bertz CT molecular complexity index is 702. The van der Waals surface area contributed by atoms with Gasteiger partial charge in [0.2, 0.25) is 0 Å². The molecule has 0 aliphatic carbocycles. The Morgan fingerprint density at radius 1 is 1.25 bits per heavy atom. The number of carbonyl (C=O) groups excluding carboxylic acids is 1. The molecule has 0 N–H and O–H groups in total. The highest BCUT2D eigenvalue weighted by atomic mass is 79.9. The highest BCUT2D eigenvalue weighted by molar-refractivity contribution is 9.10. The maximum Gasteiger partial charge on any atom is 0.170 e. The molecule has 1 unspecified atom stereocenters. The van der Waals surface area contributed by atoms with E-state index in [1.54, 1.807) is 30.3 Å². The van der Waals surface area contributed by atoms with Crippen LogP contribution in [-0.4, -0.2) is 5.78 Å². The summed E-state index contributed by atoms with van der Waals surface area (Å²) < 4.78 is 20.5. The molecule has 0 spiro atoms. The first-order valence-electron chi connectivity index (χ1n) is 5.99. The van der Waals surface area contributed by atoms with Gasteiger partial charge in [0.15, 0.2) is 5.78 Å². The molecule has 5 heteroatoms. The number of hydrogen-bond acceptors (Lipinski definition) is 2.